The molecule has 2 fully saturated rings. The van der Waals surface area contributed by atoms with Crippen molar-refractivity contribution in [3.05, 3.63) is 108 Å². The van der Waals surface area contributed by atoms with Crippen molar-refractivity contribution in [2.75, 3.05) is 19.6 Å². The summed E-state index contributed by atoms with van der Waals surface area (Å²) < 4.78 is 0. The molecule has 5 rings (SSSR count). The van der Waals surface area contributed by atoms with Gasteiger partial charge in [0, 0.05) is 31.7 Å². The van der Waals surface area contributed by atoms with Gasteiger partial charge in [0.05, 0.1) is 0 Å². The SMILES string of the molecule is c1ccc(CCN2CCC(C3(N(Cc4ccccc4)Cc4ccccc4)CC3)C2)cc1. The number of hydrogen-bond donors (Lipinski definition) is 0. The molecule has 2 nitrogen and oxygen atoms in total. The van der Waals surface area contributed by atoms with Crippen molar-refractivity contribution in [2.24, 2.45) is 5.92 Å². The lowest BCUT2D eigenvalue weighted by molar-refractivity contribution is 0.103. The van der Waals surface area contributed by atoms with Gasteiger partial charge in [0.1, 0.15) is 0 Å². The minimum Gasteiger partial charge on any atom is -0.303 e. The van der Waals surface area contributed by atoms with Crippen molar-refractivity contribution in [3.63, 3.8) is 0 Å². The van der Waals surface area contributed by atoms with Gasteiger partial charge in [0.2, 0.25) is 0 Å². The first-order valence-corrected chi connectivity index (χ1v) is 11.9. The first-order chi connectivity index (χ1) is 15.3. The lowest BCUT2D eigenvalue weighted by Gasteiger charge is -2.37. The molecule has 1 heterocycles. The van der Waals surface area contributed by atoms with E-state index in [9.17, 15) is 0 Å². The Kier molecular flexibility index (Phi) is 6.20. The Balaban J connectivity index is 1.28. The molecular weight excluding hydrogens is 376 g/mol. The summed E-state index contributed by atoms with van der Waals surface area (Å²) in [5.41, 5.74) is 4.71. The quantitative estimate of drug-likeness (QED) is 0.441. The lowest BCUT2D eigenvalue weighted by Crippen LogP contribution is -2.43. The van der Waals surface area contributed by atoms with Crippen LogP contribution in [-0.2, 0) is 19.5 Å². The van der Waals surface area contributed by atoms with E-state index in [4.69, 9.17) is 0 Å². The van der Waals surface area contributed by atoms with Crippen molar-refractivity contribution in [1.82, 2.24) is 9.80 Å². The molecule has 1 saturated heterocycles. The molecule has 0 spiro atoms. The average molecular weight is 411 g/mol. The molecular formula is C29H34N2. The largest absolute Gasteiger partial charge is 0.303 e. The number of benzene rings is 3. The molecule has 2 heteroatoms. The van der Waals surface area contributed by atoms with Crippen LogP contribution >= 0.6 is 0 Å². The van der Waals surface area contributed by atoms with Crippen LogP contribution in [-0.4, -0.2) is 35.0 Å². The van der Waals surface area contributed by atoms with E-state index in [0.717, 1.165) is 25.4 Å². The van der Waals surface area contributed by atoms with Gasteiger partial charge < -0.3 is 4.90 Å². The average Bonchev–Trinajstić information content (AvgIpc) is 3.50. The Morgan fingerprint density at radius 1 is 0.710 bits per heavy atom. The molecule has 0 amide bonds. The van der Waals surface area contributed by atoms with Crippen LogP contribution in [0.4, 0.5) is 0 Å². The second-order valence-electron chi connectivity index (χ2n) is 9.45. The molecule has 31 heavy (non-hydrogen) atoms. The normalized spacial score (nSPS) is 20.2. The van der Waals surface area contributed by atoms with Crippen molar-refractivity contribution in [2.45, 2.75) is 44.3 Å². The highest BCUT2D eigenvalue weighted by atomic mass is 15.3. The summed E-state index contributed by atoms with van der Waals surface area (Å²) in [5, 5.41) is 0. The smallest absolute Gasteiger partial charge is 0.0258 e. The molecule has 1 unspecified atom stereocenters. The zero-order valence-electron chi connectivity index (χ0n) is 18.5. The van der Waals surface area contributed by atoms with E-state index in [1.54, 1.807) is 0 Å². The highest BCUT2D eigenvalue weighted by Gasteiger charge is 2.54. The van der Waals surface area contributed by atoms with E-state index in [1.807, 2.05) is 0 Å². The van der Waals surface area contributed by atoms with E-state index in [1.165, 1.54) is 55.6 Å². The van der Waals surface area contributed by atoms with Crippen LogP contribution in [0.15, 0.2) is 91.0 Å². The highest BCUT2D eigenvalue weighted by molar-refractivity contribution is 5.21. The van der Waals surface area contributed by atoms with Gasteiger partial charge in [-0.1, -0.05) is 91.0 Å². The molecule has 0 aromatic heterocycles. The van der Waals surface area contributed by atoms with Gasteiger partial charge in [0.25, 0.3) is 0 Å². The molecule has 1 saturated carbocycles. The molecule has 2 aliphatic rings. The van der Waals surface area contributed by atoms with E-state index in [0.29, 0.717) is 5.54 Å². The fraction of sp³-hybridized carbons (Fsp3) is 0.379. The van der Waals surface area contributed by atoms with E-state index in [-0.39, 0.29) is 0 Å². The fourth-order valence-corrected chi connectivity index (χ4v) is 5.50. The molecule has 0 bridgehead atoms. The highest BCUT2D eigenvalue weighted by Crippen LogP contribution is 2.52. The molecule has 0 N–H and O–H groups in total. The first kappa shape index (κ1) is 20.5. The second-order valence-corrected chi connectivity index (χ2v) is 9.45. The number of likely N-dealkylation sites (tertiary alicyclic amines) is 1. The molecule has 1 aliphatic carbocycles. The third-order valence-electron chi connectivity index (χ3n) is 7.42. The summed E-state index contributed by atoms with van der Waals surface area (Å²) in [7, 11) is 0. The van der Waals surface area contributed by atoms with Gasteiger partial charge >= 0.3 is 0 Å². The maximum Gasteiger partial charge on any atom is 0.0258 e. The topological polar surface area (TPSA) is 6.48 Å². The summed E-state index contributed by atoms with van der Waals surface area (Å²) >= 11 is 0. The maximum atomic E-state index is 2.81. The van der Waals surface area contributed by atoms with Crippen LogP contribution in [0.1, 0.15) is 36.0 Å². The van der Waals surface area contributed by atoms with E-state index >= 15 is 0 Å². The van der Waals surface area contributed by atoms with Crippen molar-refractivity contribution >= 4 is 0 Å². The van der Waals surface area contributed by atoms with Crippen molar-refractivity contribution in [1.29, 1.82) is 0 Å². The lowest BCUT2D eigenvalue weighted by atomic mass is 9.93. The van der Waals surface area contributed by atoms with Crippen LogP contribution in [0.2, 0.25) is 0 Å². The molecule has 0 radical (unpaired) electrons. The van der Waals surface area contributed by atoms with E-state index in [2.05, 4.69) is 101 Å². The van der Waals surface area contributed by atoms with Crippen molar-refractivity contribution < 1.29 is 0 Å². The molecule has 3 aromatic carbocycles. The predicted molar refractivity (Wildman–Crippen MR) is 129 cm³/mol. The van der Waals surface area contributed by atoms with Gasteiger partial charge in [-0.2, -0.15) is 0 Å². The maximum absolute atomic E-state index is 2.81. The van der Waals surface area contributed by atoms with Gasteiger partial charge in [0.15, 0.2) is 0 Å². The summed E-state index contributed by atoms with van der Waals surface area (Å²) in [5.74, 6) is 0.788. The summed E-state index contributed by atoms with van der Waals surface area (Å²) in [6, 6.07) is 33.1. The second kappa shape index (κ2) is 9.38. The predicted octanol–water partition coefficient (Wildman–Crippen LogP) is 5.79. The number of rotatable bonds is 9. The standard InChI is InChI=1S/C29H34N2/c1-4-10-25(11-5-1)16-20-30-21-17-28(24-30)29(18-19-29)31(22-26-12-6-2-7-13-26)23-27-14-8-3-9-15-27/h1-15,28H,16-24H2. The third kappa shape index (κ3) is 4.92. The van der Waals surface area contributed by atoms with Crippen LogP contribution in [0.5, 0.6) is 0 Å². The van der Waals surface area contributed by atoms with Gasteiger partial charge in [-0.3, -0.25) is 4.90 Å². The van der Waals surface area contributed by atoms with E-state index < -0.39 is 0 Å². The Bertz CT molecular complexity index is 893. The molecule has 3 aromatic rings. The Hall–Kier alpha value is -2.42. The van der Waals surface area contributed by atoms with Gasteiger partial charge in [-0.25, -0.2) is 0 Å². The fourth-order valence-electron chi connectivity index (χ4n) is 5.50. The Morgan fingerprint density at radius 2 is 1.23 bits per heavy atom. The van der Waals surface area contributed by atoms with Crippen LogP contribution in [0.25, 0.3) is 0 Å². The summed E-state index contributed by atoms with van der Waals surface area (Å²) in [6.45, 7) is 5.80. The monoisotopic (exact) mass is 410 g/mol. The number of hydrogen-bond acceptors (Lipinski definition) is 2. The zero-order valence-corrected chi connectivity index (χ0v) is 18.5. The Morgan fingerprint density at radius 3 is 1.74 bits per heavy atom. The third-order valence-corrected chi connectivity index (χ3v) is 7.42. The minimum atomic E-state index is 0.382. The molecule has 160 valence electrons. The molecule has 1 aliphatic heterocycles. The van der Waals surface area contributed by atoms with Crippen LogP contribution in [0.3, 0.4) is 0 Å². The minimum absolute atomic E-state index is 0.382. The van der Waals surface area contributed by atoms with Gasteiger partial charge in [-0.05, 0) is 54.8 Å². The number of nitrogens with zero attached hydrogens (tertiary/aromatic N) is 2. The first-order valence-electron chi connectivity index (χ1n) is 11.9. The summed E-state index contributed by atoms with van der Waals surface area (Å²) in [4.78, 5) is 5.52. The van der Waals surface area contributed by atoms with Crippen LogP contribution in [0, 0.1) is 5.92 Å². The van der Waals surface area contributed by atoms with Crippen molar-refractivity contribution in [3.8, 4) is 0 Å². The zero-order chi connectivity index (χ0) is 20.9. The summed E-state index contributed by atoms with van der Waals surface area (Å²) in [6.07, 6.45) is 5.21. The molecule has 1 atom stereocenters. The van der Waals surface area contributed by atoms with Crippen LogP contribution < -0.4 is 0 Å². The Labute approximate surface area is 187 Å². The van der Waals surface area contributed by atoms with Gasteiger partial charge in [-0.15, -0.1) is 0 Å².